The summed E-state index contributed by atoms with van der Waals surface area (Å²) in [6.45, 7) is 4.06. The van der Waals surface area contributed by atoms with Crippen molar-refractivity contribution in [2.45, 2.75) is 51.4 Å². The Labute approximate surface area is 144 Å². The topological polar surface area (TPSA) is 75.3 Å². The maximum atomic E-state index is 11.9. The van der Waals surface area contributed by atoms with Gasteiger partial charge in [-0.15, -0.1) is 0 Å². The van der Waals surface area contributed by atoms with Crippen molar-refractivity contribution in [2.24, 2.45) is 5.92 Å². The second kappa shape index (κ2) is 8.44. The van der Waals surface area contributed by atoms with Gasteiger partial charge in [-0.1, -0.05) is 36.4 Å². The lowest BCUT2D eigenvalue weighted by Gasteiger charge is -2.11. The number of benzene rings is 1. The van der Waals surface area contributed by atoms with Crippen molar-refractivity contribution < 1.29 is 13.2 Å². The molecule has 0 radical (unpaired) electrons. The van der Waals surface area contributed by atoms with Crippen molar-refractivity contribution in [1.29, 1.82) is 0 Å². The maximum Gasteiger partial charge on any atom is 0.220 e. The van der Waals surface area contributed by atoms with Crippen LogP contribution in [0.4, 0.5) is 0 Å². The Bertz CT molecular complexity index is 679. The maximum absolute atomic E-state index is 11.9. The summed E-state index contributed by atoms with van der Waals surface area (Å²) in [5, 5.41) is 2.92. The minimum Gasteiger partial charge on any atom is -0.352 e. The summed E-state index contributed by atoms with van der Waals surface area (Å²) in [4.78, 5) is 11.9. The molecule has 6 heteroatoms. The molecule has 0 saturated heterocycles. The highest BCUT2D eigenvalue weighted by Gasteiger charge is 2.14. The average Bonchev–Trinajstić information content (AvgIpc) is 2.97. The van der Waals surface area contributed by atoms with Crippen LogP contribution in [0.3, 0.4) is 0 Å². The predicted octanol–water partition coefficient (Wildman–Crippen LogP) is 2.49. The molecule has 2 rings (SSSR count). The molecule has 1 aliphatic carbocycles. The van der Waals surface area contributed by atoms with E-state index in [1.54, 1.807) is 26.0 Å². The molecule has 132 valence electrons. The van der Waals surface area contributed by atoms with E-state index in [-0.39, 0.29) is 17.7 Å². The third-order valence-corrected chi connectivity index (χ3v) is 5.39. The number of rotatable bonds is 8. The molecule has 0 bridgehead atoms. The van der Waals surface area contributed by atoms with Crippen molar-refractivity contribution >= 4 is 15.9 Å². The number of amides is 1. The van der Waals surface area contributed by atoms with Gasteiger partial charge in [-0.25, -0.2) is 13.1 Å². The predicted molar refractivity (Wildman–Crippen MR) is 95.7 cm³/mol. The Morgan fingerprint density at radius 1 is 1.21 bits per heavy atom. The summed E-state index contributed by atoms with van der Waals surface area (Å²) in [5.74, 6) is 0.386. The smallest absolute Gasteiger partial charge is 0.220 e. The fraction of sp³-hybridized carbons (Fsp3) is 0.500. The van der Waals surface area contributed by atoms with Crippen molar-refractivity contribution in [1.82, 2.24) is 10.0 Å². The number of carbonyl (C=O) groups excluding carboxylic acids is 1. The van der Waals surface area contributed by atoms with E-state index >= 15 is 0 Å². The molecule has 0 aromatic heterocycles. The van der Waals surface area contributed by atoms with Crippen LogP contribution in [0.25, 0.3) is 0 Å². The van der Waals surface area contributed by atoms with Gasteiger partial charge in [0, 0.05) is 19.0 Å². The molecule has 0 heterocycles. The Balaban J connectivity index is 1.81. The number of nitrogens with one attached hydrogen (secondary N) is 2. The van der Waals surface area contributed by atoms with E-state index in [0.29, 0.717) is 18.9 Å². The van der Waals surface area contributed by atoms with Crippen LogP contribution < -0.4 is 10.0 Å². The van der Waals surface area contributed by atoms with E-state index in [1.165, 1.54) is 0 Å². The molecule has 5 nitrogen and oxygen atoms in total. The molecule has 1 unspecified atom stereocenters. The van der Waals surface area contributed by atoms with Gasteiger partial charge in [0.15, 0.2) is 0 Å². The minimum absolute atomic E-state index is 0.0359. The van der Waals surface area contributed by atoms with Gasteiger partial charge in [0.05, 0.1) is 5.75 Å². The van der Waals surface area contributed by atoms with Crippen LogP contribution >= 0.6 is 0 Å². The number of allylic oxidation sites excluding steroid dienone is 2. The first kappa shape index (κ1) is 18.7. The quantitative estimate of drug-likeness (QED) is 0.707. The molecule has 0 fully saturated rings. The lowest BCUT2D eigenvalue weighted by atomic mass is 10.0. The zero-order valence-electron chi connectivity index (χ0n) is 14.3. The van der Waals surface area contributed by atoms with E-state index in [2.05, 4.69) is 22.2 Å². The average molecular weight is 350 g/mol. The Morgan fingerprint density at radius 2 is 1.88 bits per heavy atom. The summed E-state index contributed by atoms with van der Waals surface area (Å²) < 4.78 is 26.4. The Hall–Kier alpha value is -1.66. The third-order valence-electron chi connectivity index (χ3n) is 3.84. The normalized spacial score (nSPS) is 17.4. The lowest BCUT2D eigenvalue weighted by Crippen LogP contribution is -2.31. The monoisotopic (exact) mass is 350 g/mol. The molecule has 24 heavy (non-hydrogen) atoms. The van der Waals surface area contributed by atoms with Crippen molar-refractivity contribution in [2.75, 3.05) is 0 Å². The van der Waals surface area contributed by atoms with Crippen LogP contribution in [0.5, 0.6) is 0 Å². The molecule has 2 N–H and O–H groups in total. The number of sulfonamides is 1. The van der Waals surface area contributed by atoms with Gasteiger partial charge in [0.25, 0.3) is 0 Å². The van der Waals surface area contributed by atoms with Gasteiger partial charge in [0.2, 0.25) is 15.9 Å². The molecular weight excluding hydrogens is 324 g/mol. The zero-order valence-corrected chi connectivity index (χ0v) is 15.1. The molecule has 1 amide bonds. The van der Waals surface area contributed by atoms with Crippen LogP contribution in [0.15, 0.2) is 36.4 Å². The van der Waals surface area contributed by atoms with Gasteiger partial charge in [0.1, 0.15) is 0 Å². The van der Waals surface area contributed by atoms with Crippen LogP contribution in [0.2, 0.25) is 0 Å². The second-order valence-electron chi connectivity index (χ2n) is 6.59. The molecule has 1 atom stereocenters. The summed E-state index contributed by atoms with van der Waals surface area (Å²) in [7, 11) is -3.31. The van der Waals surface area contributed by atoms with Crippen molar-refractivity contribution in [3.05, 3.63) is 47.5 Å². The van der Waals surface area contributed by atoms with Crippen molar-refractivity contribution in [3.8, 4) is 0 Å². The first-order valence-corrected chi connectivity index (χ1v) is 10.0. The number of hydrogen-bond acceptors (Lipinski definition) is 3. The van der Waals surface area contributed by atoms with E-state index < -0.39 is 10.0 Å². The summed E-state index contributed by atoms with van der Waals surface area (Å²) in [6.07, 6.45) is 6.89. The van der Waals surface area contributed by atoms with Gasteiger partial charge < -0.3 is 5.32 Å². The summed E-state index contributed by atoms with van der Waals surface area (Å²) >= 11 is 0. The molecule has 0 spiro atoms. The van der Waals surface area contributed by atoms with E-state index in [4.69, 9.17) is 0 Å². The highest BCUT2D eigenvalue weighted by molar-refractivity contribution is 7.88. The summed E-state index contributed by atoms with van der Waals surface area (Å²) in [6, 6.07) is 7.19. The van der Waals surface area contributed by atoms with Gasteiger partial charge in [-0.3, -0.25) is 4.79 Å². The van der Waals surface area contributed by atoms with Crippen LogP contribution in [-0.2, 0) is 27.1 Å². The standard InChI is InChI=1S/C18H26N2O3S/c1-14(2)20-24(22,23)13-17-9-7-16(8-10-17)12-19-18(21)11-15-5-3-4-6-15/h3,5,7-10,14-15,20H,4,6,11-13H2,1-2H3,(H,19,21). The highest BCUT2D eigenvalue weighted by atomic mass is 32.2. The van der Waals surface area contributed by atoms with E-state index in [0.717, 1.165) is 24.0 Å². The van der Waals surface area contributed by atoms with Crippen molar-refractivity contribution in [3.63, 3.8) is 0 Å². The van der Waals surface area contributed by atoms with Gasteiger partial charge >= 0.3 is 0 Å². The molecule has 1 aliphatic rings. The largest absolute Gasteiger partial charge is 0.352 e. The minimum atomic E-state index is -3.31. The number of hydrogen-bond donors (Lipinski definition) is 2. The van der Waals surface area contributed by atoms with Crippen LogP contribution in [0, 0.1) is 5.92 Å². The molecule has 0 saturated carbocycles. The summed E-state index contributed by atoms with van der Waals surface area (Å²) in [5.41, 5.74) is 1.69. The highest BCUT2D eigenvalue weighted by Crippen LogP contribution is 2.20. The van der Waals surface area contributed by atoms with Crippen LogP contribution in [-0.4, -0.2) is 20.4 Å². The van der Waals surface area contributed by atoms with Crippen LogP contribution in [0.1, 0.15) is 44.2 Å². The first-order valence-electron chi connectivity index (χ1n) is 8.35. The first-order chi connectivity index (χ1) is 11.3. The Kier molecular flexibility index (Phi) is 6.57. The fourth-order valence-corrected chi connectivity index (χ4v) is 4.18. The van der Waals surface area contributed by atoms with E-state index in [9.17, 15) is 13.2 Å². The fourth-order valence-electron chi connectivity index (χ4n) is 2.75. The SMILES string of the molecule is CC(C)NS(=O)(=O)Cc1ccc(CNC(=O)CC2C=CCC2)cc1. The van der Waals surface area contributed by atoms with Gasteiger partial charge in [-0.05, 0) is 43.7 Å². The second-order valence-corrected chi connectivity index (χ2v) is 8.35. The lowest BCUT2D eigenvalue weighted by molar-refractivity contribution is -0.121. The van der Waals surface area contributed by atoms with Gasteiger partial charge in [-0.2, -0.15) is 0 Å². The van der Waals surface area contributed by atoms with E-state index in [1.807, 2.05) is 12.1 Å². The number of carbonyl (C=O) groups is 1. The molecule has 1 aromatic rings. The molecule has 1 aromatic carbocycles. The Morgan fingerprint density at radius 3 is 2.46 bits per heavy atom. The zero-order chi connectivity index (χ0) is 17.6. The molecule has 0 aliphatic heterocycles. The third kappa shape index (κ3) is 6.45. The molecular formula is C18H26N2O3S.